The Labute approximate surface area is 67.3 Å². The van der Waals surface area contributed by atoms with Crippen molar-refractivity contribution in [2.75, 3.05) is 6.26 Å². The lowest BCUT2D eigenvalue weighted by atomic mass is 10.3. The first-order valence-electron chi connectivity index (χ1n) is 2.86. The molecule has 0 amide bonds. The third kappa shape index (κ3) is 2.07. The Morgan fingerprint density at radius 1 is 1.50 bits per heavy atom. The van der Waals surface area contributed by atoms with E-state index in [0.717, 1.165) is 12.5 Å². The first-order chi connectivity index (χ1) is 5.31. The zero-order valence-corrected chi connectivity index (χ0v) is 6.82. The second-order valence-electron chi connectivity index (χ2n) is 2.16. The zero-order chi connectivity index (χ0) is 9.41. The van der Waals surface area contributed by atoms with Gasteiger partial charge in [-0.05, 0) is 6.08 Å². The minimum atomic E-state index is -4.55. The van der Waals surface area contributed by atoms with Gasteiger partial charge in [-0.1, -0.05) is 0 Å². The molecular formula is C5H5F3N2OS. The normalized spacial score (nSPS) is 29.5. The van der Waals surface area contributed by atoms with E-state index in [4.69, 9.17) is 0 Å². The van der Waals surface area contributed by atoms with Gasteiger partial charge >= 0.3 is 6.18 Å². The summed E-state index contributed by atoms with van der Waals surface area (Å²) in [6, 6.07) is 0. The van der Waals surface area contributed by atoms with E-state index in [2.05, 4.69) is 8.76 Å². The van der Waals surface area contributed by atoms with Crippen molar-refractivity contribution in [2.24, 2.45) is 8.76 Å². The molecule has 3 nitrogen and oxygen atoms in total. The third-order valence-corrected chi connectivity index (χ3v) is 2.10. The van der Waals surface area contributed by atoms with Crippen LogP contribution in [0.15, 0.2) is 21.0 Å². The number of rotatable bonds is 0. The zero-order valence-electron chi connectivity index (χ0n) is 6.00. The van der Waals surface area contributed by atoms with E-state index in [9.17, 15) is 17.4 Å². The van der Waals surface area contributed by atoms with Gasteiger partial charge in [0.05, 0.1) is 0 Å². The van der Waals surface area contributed by atoms with Crippen LogP contribution < -0.4 is 0 Å². The molecular weight excluding hydrogens is 193 g/mol. The lowest BCUT2D eigenvalue weighted by Crippen LogP contribution is -2.23. The maximum Gasteiger partial charge on any atom is 0.434 e. The number of nitrogens with zero attached hydrogens (tertiary/aromatic N) is 2. The van der Waals surface area contributed by atoms with Crippen LogP contribution in [0.1, 0.15) is 0 Å². The van der Waals surface area contributed by atoms with Gasteiger partial charge in [-0.25, -0.2) is 4.21 Å². The van der Waals surface area contributed by atoms with Crippen molar-refractivity contribution >= 4 is 15.6 Å². The molecule has 0 N–H and O–H groups in total. The van der Waals surface area contributed by atoms with Crippen molar-refractivity contribution in [1.82, 2.24) is 0 Å². The average Bonchev–Trinajstić information content (AvgIpc) is 1.83. The van der Waals surface area contributed by atoms with Crippen molar-refractivity contribution in [3.63, 3.8) is 0 Å². The first kappa shape index (κ1) is 9.24. The highest BCUT2D eigenvalue weighted by atomic mass is 32.2. The van der Waals surface area contributed by atoms with Crippen molar-refractivity contribution in [2.45, 2.75) is 6.18 Å². The van der Waals surface area contributed by atoms with Gasteiger partial charge in [0.25, 0.3) is 0 Å². The summed E-state index contributed by atoms with van der Waals surface area (Å²) >= 11 is 0. The van der Waals surface area contributed by atoms with Crippen LogP contribution in [-0.2, 0) is 9.92 Å². The maximum atomic E-state index is 11.9. The quantitative estimate of drug-likeness (QED) is 0.582. The molecule has 1 rings (SSSR count). The fraction of sp³-hybridized carbons (Fsp3) is 0.400. The van der Waals surface area contributed by atoms with Gasteiger partial charge in [0.2, 0.25) is 0 Å². The summed E-state index contributed by atoms with van der Waals surface area (Å²) < 4.78 is 53.0. The Morgan fingerprint density at radius 2 is 2.08 bits per heavy atom. The molecule has 0 aromatic carbocycles. The molecule has 68 valence electrons. The van der Waals surface area contributed by atoms with Crippen LogP contribution in [0, 0.1) is 0 Å². The van der Waals surface area contributed by atoms with Crippen LogP contribution in [0.5, 0.6) is 0 Å². The van der Waals surface area contributed by atoms with E-state index in [1.54, 1.807) is 0 Å². The smallest absolute Gasteiger partial charge is 0.226 e. The molecule has 12 heavy (non-hydrogen) atoms. The molecule has 0 aromatic rings. The van der Waals surface area contributed by atoms with Crippen LogP contribution in [0.3, 0.4) is 0 Å². The molecule has 0 aliphatic carbocycles. The standard InChI is InChI=1S/C5H5F3N2OS/c1-12(11)9-3-2-4(10-12)5(6,7)8/h2-3H,1H3. The number of alkyl halides is 3. The predicted molar refractivity (Wildman–Crippen MR) is 39.1 cm³/mol. The highest BCUT2D eigenvalue weighted by Gasteiger charge is 2.35. The number of halogens is 3. The number of hydrogen-bond donors (Lipinski definition) is 0. The van der Waals surface area contributed by atoms with Crippen LogP contribution in [0.4, 0.5) is 13.2 Å². The second-order valence-corrected chi connectivity index (χ2v) is 4.08. The second kappa shape index (κ2) is 2.58. The maximum absolute atomic E-state index is 11.9. The Hall–Kier alpha value is -0.850. The summed E-state index contributed by atoms with van der Waals surface area (Å²) in [4.78, 5) is 0. The van der Waals surface area contributed by atoms with Gasteiger partial charge < -0.3 is 0 Å². The van der Waals surface area contributed by atoms with Gasteiger partial charge in [-0.2, -0.15) is 21.9 Å². The molecule has 0 spiro atoms. The topological polar surface area (TPSA) is 41.8 Å². The van der Waals surface area contributed by atoms with Gasteiger partial charge in [0.1, 0.15) is 0 Å². The van der Waals surface area contributed by atoms with E-state index in [1.165, 1.54) is 0 Å². The molecule has 1 atom stereocenters. The summed E-state index contributed by atoms with van der Waals surface area (Å²) in [5, 5.41) is 0. The summed E-state index contributed by atoms with van der Waals surface area (Å²) in [5.41, 5.74) is -1.15. The highest BCUT2D eigenvalue weighted by Crippen LogP contribution is 2.21. The fourth-order valence-electron chi connectivity index (χ4n) is 0.597. The Kier molecular flexibility index (Phi) is 1.99. The molecule has 1 aliphatic rings. The Morgan fingerprint density at radius 3 is 2.42 bits per heavy atom. The Bertz CT molecular complexity index is 359. The molecule has 1 unspecified atom stereocenters. The van der Waals surface area contributed by atoms with Gasteiger partial charge in [-0.15, -0.1) is 0 Å². The lowest BCUT2D eigenvalue weighted by Gasteiger charge is -2.08. The molecule has 0 fully saturated rings. The predicted octanol–water partition coefficient (Wildman–Crippen LogP) is 1.53. The van der Waals surface area contributed by atoms with E-state index < -0.39 is 21.8 Å². The largest absolute Gasteiger partial charge is 0.434 e. The molecule has 0 bridgehead atoms. The van der Waals surface area contributed by atoms with Crippen LogP contribution >= 0.6 is 0 Å². The van der Waals surface area contributed by atoms with Crippen LogP contribution in [0.2, 0.25) is 0 Å². The first-order valence-corrected chi connectivity index (χ1v) is 4.74. The van der Waals surface area contributed by atoms with Crippen molar-refractivity contribution < 1.29 is 17.4 Å². The SMILES string of the molecule is CS1(=O)=NC=CC(C(F)(F)F)=N1. The molecule has 0 saturated carbocycles. The molecule has 0 radical (unpaired) electrons. The highest BCUT2D eigenvalue weighted by molar-refractivity contribution is 7.91. The van der Waals surface area contributed by atoms with Crippen LogP contribution in [-0.4, -0.2) is 22.4 Å². The van der Waals surface area contributed by atoms with Crippen molar-refractivity contribution in [3.05, 3.63) is 12.3 Å². The minimum Gasteiger partial charge on any atom is -0.226 e. The summed E-state index contributed by atoms with van der Waals surface area (Å²) in [5.74, 6) is 0. The van der Waals surface area contributed by atoms with E-state index in [1.807, 2.05) is 0 Å². The Balaban J connectivity index is 3.16. The minimum absolute atomic E-state index is 0.687. The fourth-order valence-corrected chi connectivity index (χ4v) is 1.46. The monoisotopic (exact) mass is 198 g/mol. The summed E-state index contributed by atoms with van der Waals surface area (Å²) in [6.07, 6.45) is -1.96. The van der Waals surface area contributed by atoms with E-state index in [-0.39, 0.29) is 0 Å². The average molecular weight is 198 g/mol. The molecule has 0 aromatic heterocycles. The van der Waals surface area contributed by atoms with E-state index in [0.29, 0.717) is 6.08 Å². The number of hydrogen-bond acceptors (Lipinski definition) is 2. The third-order valence-electron chi connectivity index (χ3n) is 1.05. The van der Waals surface area contributed by atoms with Gasteiger partial charge in [-0.3, -0.25) is 0 Å². The van der Waals surface area contributed by atoms with Crippen LogP contribution in [0.25, 0.3) is 0 Å². The van der Waals surface area contributed by atoms with Gasteiger partial charge in [0, 0.05) is 12.5 Å². The summed E-state index contributed by atoms with van der Waals surface area (Å²) in [6.45, 7) is 0. The summed E-state index contributed by atoms with van der Waals surface area (Å²) in [7, 11) is -3.06. The molecule has 7 heteroatoms. The van der Waals surface area contributed by atoms with Crippen molar-refractivity contribution in [3.8, 4) is 0 Å². The number of allylic oxidation sites excluding steroid dienone is 1. The lowest BCUT2D eigenvalue weighted by molar-refractivity contribution is -0.0575. The molecule has 1 heterocycles. The molecule has 1 aliphatic heterocycles. The van der Waals surface area contributed by atoms with E-state index >= 15 is 0 Å². The molecule has 0 saturated heterocycles. The van der Waals surface area contributed by atoms with Crippen molar-refractivity contribution in [1.29, 1.82) is 0 Å². The van der Waals surface area contributed by atoms with Gasteiger partial charge in [0.15, 0.2) is 15.6 Å².